The van der Waals surface area contributed by atoms with Crippen LogP contribution in [0.3, 0.4) is 0 Å². The lowest BCUT2D eigenvalue weighted by Crippen LogP contribution is -2.65. The van der Waals surface area contributed by atoms with Crippen molar-refractivity contribution in [1.82, 2.24) is 4.90 Å². The Labute approximate surface area is 138 Å². The number of hydrogen-bond donors (Lipinski definition) is 0. The molecule has 23 heavy (non-hydrogen) atoms. The second-order valence-electron chi connectivity index (χ2n) is 7.50. The number of nitrogens with zero attached hydrogens (tertiary/aromatic N) is 2. The van der Waals surface area contributed by atoms with E-state index >= 15 is 0 Å². The van der Waals surface area contributed by atoms with Gasteiger partial charge in [-0.25, -0.2) is 0 Å². The summed E-state index contributed by atoms with van der Waals surface area (Å²) in [5.74, 6) is 1.16. The van der Waals surface area contributed by atoms with Gasteiger partial charge in [0.1, 0.15) is 5.72 Å². The van der Waals surface area contributed by atoms with Crippen molar-refractivity contribution >= 4 is 11.6 Å². The van der Waals surface area contributed by atoms with Gasteiger partial charge in [-0.2, -0.15) is 0 Å². The molecule has 4 rings (SSSR count). The molecule has 1 aromatic rings. The third kappa shape index (κ3) is 2.26. The minimum absolute atomic E-state index is 0.244. The van der Waals surface area contributed by atoms with Crippen molar-refractivity contribution in [3.8, 4) is 0 Å². The third-order valence-corrected chi connectivity index (χ3v) is 5.93. The van der Waals surface area contributed by atoms with E-state index in [2.05, 4.69) is 54.0 Å². The van der Waals surface area contributed by atoms with Gasteiger partial charge >= 0.3 is 0 Å². The average molecular weight is 314 g/mol. The SMILES string of the molecule is CC(C)C1COC23CCN(c4ccccc4)CC2CCC(=O)N13. The van der Waals surface area contributed by atoms with Gasteiger partial charge in [0.15, 0.2) is 0 Å². The minimum Gasteiger partial charge on any atom is -0.371 e. The van der Waals surface area contributed by atoms with E-state index in [0.29, 0.717) is 30.8 Å². The first-order valence-electron chi connectivity index (χ1n) is 8.88. The summed E-state index contributed by atoms with van der Waals surface area (Å²) in [5, 5.41) is 0. The van der Waals surface area contributed by atoms with Gasteiger partial charge in [-0.3, -0.25) is 4.79 Å². The van der Waals surface area contributed by atoms with Crippen molar-refractivity contribution in [1.29, 1.82) is 0 Å². The van der Waals surface area contributed by atoms with Crippen LogP contribution in [0.1, 0.15) is 33.1 Å². The zero-order chi connectivity index (χ0) is 16.0. The fraction of sp³-hybridized carbons (Fsp3) is 0.632. The Balaban J connectivity index is 1.61. The molecule has 3 saturated heterocycles. The molecule has 3 aliphatic rings. The molecule has 3 aliphatic heterocycles. The Kier molecular flexibility index (Phi) is 3.60. The van der Waals surface area contributed by atoms with Crippen LogP contribution in [0.2, 0.25) is 0 Å². The van der Waals surface area contributed by atoms with E-state index in [9.17, 15) is 4.79 Å². The average Bonchev–Trinajstić information content (AvgIpc) is 2.96. The Hall–Kier alpha value is -1.55. The maximum Gasteiger partial charge on any atom is 0.225 e. The minimum atomic E-state index is -0.338. The molecule has 3 heterocycles. The summed E-state index contributed by atoms with van der Waals surface area (Å²) in [6, 6.07) is 10.8. The molecule has 0 bridgehead atoms. The van der Waals surface area contributed by atoms with Crippen LogP contribution in [0, 0.1) is 11.8 Å². The largest absolute Gasteiger partial charge is 0.371 e. The summed E-state index contributed by atoms with van der Waals surface area (Å²) in [6.07, 6.45) is 2.53. The maximum atomic E-state index is 12.6. The molecule has 0 radical (unpaired) electrons. The van der Waals surface area contributed by atoms with E-state index in [1.54, 1.807) is 0 Å². The topological polar surface area (TPSA) is 32.8 Å². The Morgan fingerprint density at radius 1 is 1.26 bits per heavy atom. The lowest BCUT2D eigenvalue weighted by Gasteiger charge is -2.53. The highest BCUT2D eigenvalue weighted by molar-refractivity contribution is 5.79. The van der Waals surface area contributed by atoms with Gasteiger partial charge < -0.3 is 14.5 Å². The maximum absolute atomic E-state index is 12.6. The van der Waals surface area contributed by atoms with Gasteiger partial charge in [-0.15, -0.1) is 0 Å². The fourth-order valence-corrected chi connectivity index (χ4v) is 4.66. The first kappa shape index (κ1) is 15.0. The van der Waals surface area contributed by atoms with Gasteiger partial charge in [0.05, 0.1) is 12.6 Å². The first-order valence-corrected chi connectivity index (χ1v) is 8.88. The molecule has 1 spiro atoms. The zero-order valence-electron chi connectivity index (χ0n) is 14.1. The molecule has 124 valence electrons. The standard InChI is InChI=1S/C19H26N2O2/c1-14(2)17-13-23-19-10-11-20(16-6-4-3-5-7-16)12-15(19)8-9-18(22)21(17)19/h3-7,14-15,17H,8-13H2,1-2H3. The molecule has 4 nitrogen and oxygen atoms in total. The Morgan fingerprint density at radius 3 is 2.78 bits per heavy atom. The fourth-order valence-electron chi connectivity index (χ4n) is 4.66. The monoisotopic (exact) mass is 314 g/mol. The predicted molar refractivity (Wildman–Crippen MR) is 90.2 cm³/mol. The van der Waals surface area contributed by atoms with Crippen molar-refractivity contribution in [2.45, 2.75) is 44.9 Å². The predicted octanol–water partition coefficient (Wildman–Crippen LogP) is 2.89. The van der Waals surface area contributed by atoms with Gasteiger partial charge in [0, 0.05) is 37.5 Å². The van der Waals surface area contributed by atoms with Crippen LogP contribution in [0.15, 0.2) is 30.3 Å². The molecule has 0 aromatic heterocycles. The number of carbonyl (C=O) groups is 1. The van der Waals surface area contributed by atoms with Crippen molar-refractivity contribution in [3.63, 3.8) is 0 Å². The van der Waals surface area contributed by atoms with E-state index in [4.69, 9.17) is 4.74 Å². The molecule has 3 fully saturated rings. The number of amides is 1. The smallest absolute Gasteiger partial charge is 0.225 e. The van der Waals surface area contributed by atoms with Crippen LogP contribution in [0.5, 0.6) is 0 Å². The normalized spacial score (nSPS) is 33.8. The second kappa shape index (κ2) is 5.52. The number of hydrogen-bond acceptors (Lipinski definition) is 3. The molecule has 0 saturated carbocycles. The molecule has 1 aromatic carbocycles. The lowest BCUT2D eigenvalue weighted by atomic mass is 9.79. The number of anilines is 1. The molecule has 1 amide bonds. The van der Waals surface area contributed by atoms with Crippen LogP contribution in [0.4, 0.5) is 5.69 Å². The summed E-state index contributed by atoms with van der Waals surface area (Å²) >= 11 is 0. The van der Waals surface area contributed by atoms with Crippen LogP contribution in [-0.2, 0) is 9.53 Å². The number of piperidine rings is 2. The van der Waals surface area contributed by atoms with Gasteiger partial charge in [-0.05, 0) is 24.5 Å². The molecular formula is C19H26N2O2. The number of benzene rings is 1. The molecule has 0 N–H and O–H groups in total. The van der Waals surface area contributed by atoms with Gasteiger partial charge in [0.2, 0.25) is 5.91 Å². The van der Waals surface area contributed by atoms with Crippen LogP contribution >= 0.6 is 0 Å². The van der Waals surface area contributed by atoms with Gasteiger partial charge in [-0.1, -0.05) is 32.0 Å². The third-order valence-electron chi connectivity index (χ3n) is 5.93. The molecular weight excluding hydrogens is 288 g/mol. The summed E-state index contributed by atoms with van der Waals surface area (Å²) in [7, 11) is 0. The van der Waals surface area contributed by atoms with E-state index in [1.165, 1.54) is 5.69 Å². The Morgan fingerprint density at radius 2 is 2.04 bits per heavy atom. The lowest BCUT2D eigenvalue weighted by molar-refractivity contribution is -0.181. The summed E-state index contributed by atoms with van der Waals surface area (Å²) in [6.45, 7) is 7.03. The van der Waals surface area contributed by atoms with E-state index < -0.39 is 0 Å². The van der Waals surface area contributed by atoms with Crippen LogP contribution in [0.25, 0.3) is 0 Å². The summed E-state index contributed by atoms with van der Waals surface area (Å²) in [5.41, 5.74) is 0.944. The number of rotatable bonds is 2. The summed E-state index contributed by atoms with van der Waals surface area (Å²) < 4.78 is 6.36. The molecule has 3 atom stereocenters. The van der Waals surface area contributed by atoms with Crippen molar-refractivity contribution < 1.29 is 9.53 Å². The van der Waals surface area contributed by atoms with E-state index in [1.807, 2.05) is 0 Å². The second-order valence-corrected chi connectivity index (χ2v) is 7.50. The van der Waals surface area contributed by atoms with Crippen molar-refractivity contribution in [3.05, 3.63) is 30.3 Å². The van der Waals surface area contributed by atoms with E-state index in [-0.39, 0.29) is 11.8 Å². The highest BCUT2D eigenvalue weighted by Crippen LogP contribution is 2.47. The van der Waals surface area contributed by atoms with Crippen LogP contribution in [-0.4, -0.2) is 42.3 Å². The molecule has 3 unspecified atom stereocenters. The van der Waals surface area contributed by atoms with E-state index in [0.717, 1.165) is 25.9 Å². The number of para-hydroxylation sites is 1. The van der Waals surface area contributed by atoms with Gasteiger partial charge in [0.25, 0.3) is 0 Å². The summed E-state index contributed by atoms with van der Waals surface area (Å²) in [4.78, 5) is 17.2. The highest BCUT2D eigenvalue weighted by atomic mass is 16.5. The molecule has 0 aliphatic carbocycles. The molecule has 4 heteroatoms. The number of ether oxygens (including phenoxy) is 1. The highest BCUT2D eigenvalue weighted by Gasteiger charge is 2.59. The van der Waals surface area contributed by atoms with Crippen molar-refractivity contribution in [2.75, 3.05) is 24.6 Å². The van der Waals surface area contributed by atoms with Crippen LogP contribution < -0.4 is 4.90 Å². The number of carbonyl (C=O) groups excluding carboxylic acids is 1. The van der Waals surface area contributed by atoms with Crippen molar-refractivity contribution in [2.24, 2.45) is 11.8 Å². The quantitative estimate of drug-likeness (QED) is 0.841. The Bertz CT molecular complexity index is 588. The first-order chi connectivity index (χ1) is 11.1. The zero-order valence-corrected chi connectivity index (χ0v) is 14.1.